The zero-order valence-electron chi connectivity index (χ0n) is 14.8. The van der Waals surface area contributed by atoms with E-state index >= 15 is 0 Å². The number of nitrogens with one attached hydrogen (secondary N) is 1. The fourth-order valence-corrected chi connectivity index (χ4v) is 3.05. The highest BCUT2D eigenvalue weighted by atomic mass is 16.2. The first-order chi connectivity index (χ1) is 11.6. The van der Waals surface area contributed by atoms with Gasteiger partial charge in [0.15, 0.2) is 0 Å². The summed E-state index contributed by atoms with van der Waals surface area (Å²) in [5.41, 5.74) is 1.08. The van der Waals surface area contributed by atoms with Crippen molar-refractivity contribution in [1.82, 2.24) is 15.1 Å². The van der Waals surface area contributed by atoms with E-state index < -0.39 is 0 Å². The molecule has 0 radical (unpaired) electrons. The van der Waals surface area contributed by atoms with Gasteiger partial charge in [0.2, 0.25) is 11.8 Å². The predicted molar refractivity (Wildman–Crippen MR) is 95.4 cm³/mol. The van der Waals surface area contributed by atoms with Gasteiger partial charge in [-0.15, -0.1) is 0 Å². The molecule has 1 saturated heterocycles. The Morgan fingerprint density at radius 2 is 1.88 bits per heavy atom. The summed E-state index contributed by atoms with van der Waals surface area (Å²) in [5, 5.41) is 3.00. The molecule has 5 heteroatoms. The van der Waals surface area contributed by atoms with E-state index in [0.29, 0.717) is 32.1 Å². The van der Waals surface area contributed by atoms with Crippen LogP contribution in [0.4, 0.5) is 0 Å². The van der Waals surface area contributed by atoms with Crippen LogP contribution in [0.15, 0.2) is 30.3 Å². The van der Waals surface area contributed by atoms with Crippen LogP contribution in [-0.4, -0.2) is 53.8 Å². The maximum absolute atomic E-state index is 12.1. The zero-order valence-corrected chi connectivity index (χ0v) is 14.8. The molecule has 2 amide bonds. The highest BCUT2D eigenvalue weighted by molar-refractivity contribution is 5.78. The minimum absolute atomic E-state index is 0.00270. The maximum Gasteiger partial charge on any atom is 0.221 e. The first-order valence-corrected chi connectivity index (χ1v) is 8.86. The fraction of sp³-hybridized carbons (Fsp3) is 0.579. The van der Waals surface area contributed by atoms with Gasteiger partial charge in [-0.25, -0.2) is 0 Å². The molecule has 2 rings (SSSR count). The summed E-state index contributed by atoms with van der Waals surface area (Å²) < 4.78 is 0. The van der Waals surface area contributed by atoms with Crippen molar-refractivity contribution in [2.45, 2.75) is 45.7 Å². The molecule has 1 aliphatic heterocycles. The molecule has 0 aromatic heterocycles. The lowest BCUT2D eigenvalue weighted by atomic mass is 10.2. The molecule has 1 fully saturated rings. The summed E-state index contributed by atoms with van der Waals surface area (Å²) in [4.78, 5) is 28.0. The summed E-state index contributed by atoms with van der Waals surface area (Å²) >= 11 is 0. The molecule has 0 bridgehead atoms. The molecule has 24 heavy (non-hydrogen) atoms. The molecule has 1 atom stereocenters. The average molecular weight is 331 g/mol. The van der Waals surface area contributed by atoms with Crippen LogP contribution >= 0.6 is 0 Å². The lowest BCUT2D eigenvalue weighted by Crippen LogP contribution is -2.41. The Bertz CT molecular complexity index is 527. The molecule has 0 aliphatic carbocycles. The highest BCUT2D eigenvalue weighted by Crippen LogP contribution is 2.11. The van der Waals surface area contributed by atoms with Gasteiger partial charge in [0.25, 0.3) is 0 Å². The van der Waals surface area contributed by atoms with Gasteiger partial charge in [-0.3, -0.25) is 14.5 Å². The summed E-state index contributed by atoms with van der Waals surface area (Å²) in [7, 11) is 0. The van der Waals surface area contributed by atoms with Gasteiger partial charge in [0.1, 0.15) is 0 Å². The van der Waals surface area contributed by atoms with Crippen LogP contribution < -0.4 is 5.32 Å². The number of carbonyl (C=O) groups is 2. The summed E-state index contributed by atoms with van der Waals surface area (Å²) in [6, 6.07) is 10.2. The molecule has 1 aromatic rings. The van der Waals surface area contributed by atoms with Gasteiger partial charge < -0.3 is 10.2 Å². The minimum atomic E-state index is -0.00270. The van der Waals surface area contributed by atoms with Crippen LogP contribution in [0.3, 0.4) is 0 Å². The molecule has 132 valence electrons. The number of hydrogen-bond acceptors (Lipinski definition) is 3. The lowest BCUT2D eigenvalue weighted by molar-refractivity contribution is -0.130. The van der Waals surface area contributed by atoms with Gasteiger partial charge in [0.05, 0.1) is 0 Å². The number of nitrogens with zero attached hydrogens (tertiary/aromatic N) is 2. The van der Waals surface area contributed by atoms with E-state index in [2.05, 4.69) is 17.1 Å². The van der Waals surface area contributed by atoms with Crippen LogP contribution in [0, 0.1) is 0 Å². The number of hydrogen-bond donors (Lipinski definition) is 1. The number of likely N-dealkylation sites (tertiary alicyclic amines) is 1. The van der Waals surface area contributed by atoms with Crippen LogP contribution in [0.2, 0.25) is 0 Å². The minimum Gasteiger partial charge on any atom is -0.354 e. The quantitative estimate of drug-likeness (QED) is 0.793. The molecular weight excluding hydrogens is 302 g/mol. The van der Waals surface area contributed by atoms with E-state index in [1.807, 2.05) is 30.3 Å². The molecule has 1 heterocycles. The van der Waals surface area contributed by atoms with E-state index in [1.54, 1.807) is 11.8 Å². The highest BCUT2D eigenvalue weighted by Gasteiger charge is 2.18. The molecule has 0 unspecified atom stereocenters. The van der Waals surface area contributed by atoms with Crippen LogP contribution in [-0.2, 0) is 16.1 Å². The largest absolute Gasteiger partial charge is 0.354 e. The molecule has 0 saturated carbocycles. The van der Waals surface area contributed by atoms with Gasteiger partial charge in [-0.1, -0.05) is 30.3 Å². The van der Waals surface area contributed by atoms with Crippen molar-refractivity contribution in [3.05, 3.63) is 35.9 Å². The molecule has 1 N–H and O–H groups in total. The van der Waals surface area contributed by atoms with E-state index in [9.17, 15) is 9.59 Å². The van der Waals surface area contributed by atoms with Crippen molar-refractivity contribution < 1.29 is 9.59 Å². The molecule has 1 aliphatic rings. The second kappa shape index (κ2) is 9.42. The van der Waals surface area contributed by atoms with E-state index in [0.717, 1.165) is 18.7 Å². The maximum atomic E-state index is 12.1. The first kappa shape index (κ1) is 18.5. The first-order valence-electron chi connectivity index (χ1n) is 8.86. The molecular formula is C19H29N3O2. The predicted octanol–water partition coefficient (Wildman–Crippen LogP) is 2.03. The number of amides is 2. The monoisotopic (exact) mass is 331 g/mol. The smallest absolute Gasteiger partial charge is 0.221 e. The molecule has 0 spiro atoms. The second-order valence-corrected chi connectivity index (χ2v) is 6.57. The number of rotatable bonds is 8. The third-order valence-electron chi connectivity index (χ3n) is 4.63. The SMILES string of the molecule is CC(=O)N(CCC(=O)NC[C@H](C)N1CCCC1)Cc1ccccc1. The number of benzene rings is 1. The molecule has 5 nitrogen and oxygen atoms in total. The Kier molecular flexibility index (Phi) is 7.25. The summed E-state index contributed by atoms with van der Waals surface area (Å²) in [6.07, 6.45) is 2.86. The topological polar surface area (TPSA) is 52.7 Å². The Morgan fingerprint density at radius 3 is 2.50 bits per heavy atom. The lowest BCUT2D eigenvalue weighted by Gasteiger charge is -2.24. The average Bonchev–Trinajstić information content (AvgIpc) is 3.11. The van der Waals surface area contributed by atoms with Crippen molar-refractivity contribution in [2.75, 3.05) is 26.2 Å². The van der Waals surface area contributed by atoms with Crippen LogP contribution in [0.1, 0.15) is 38.7 Å². The Labute approximate surface area is 145 Å². The van der Waals surface area contributed by atoms with Gasteiger partial charge in [-0.2, -0.15) is 0 Å². The number of carbonyl (C=O) groups excluding carboxylic acids is 2. The van der Waals surface area contributed by atoms with Crippen molar-refractivity contribution >= 4 is 11.8 Å². The van der Waals surface area contributed by atoms with Crippen molar-refractivity contribution in [3.8, 4) is 0 Å². The van der Waals surface area contributed by atoms with Crippen molar-refractivity contribution in [1.29, 1.82) is 0 Å². The second-order valence-electron chi connectivity index (χ2n) is 6.57. The van der Waals surface area contributed by atoms with Crippen LogP contribution in [0.5, 0.6) is 0 Å². The Balaban J connectivity index is 1.72. The van der Waals surface area contributed by atoms with E-state index in [4.69, 9.17) is 0 Å². The van der Waals surface area contributed by atoms with E-state index in [-0.39, 0.29) is 11.8 Å². The van der Waals surface area contributed by atoms with E-state index in [1.165, 1.54) is 12.8 Å². The Hall–Kier alpha value is -1.88. The third kappa shape index (κ3) is 5.96. The Morgan fingerprint density at radius 1 is 1.21 bits per heavy atom. The van der Waals surface area contributed by atoms with Gasteiger partial charge in [-0.05, 0) is 38.4 Å². The van der Waals surface area contributed by atoms with Crippen LogP contribution in [0.25, 0.3) is 0 Å². The van der Waals surface area contributed by atoms with Crippen molar-refractivity contribution in [2.24, 2.45) is 0 Å². The standard InChI is InChI=1S/C19H29N3O2/c1-16(21-11-6-7-12-21)14-20-19(24)10-13-22(17(2)23)15-18-8-4-3-5-9-18/h3-5,8-9,16H,6-7,10-15H2,1-2H3,(H,20,24)/t16-/m0/s1. The van der Waals surface area contributed by atoms with Gasteiger partial charge >= 0.3 is 0 Å². The van der Waals surface area contributed by atoms with Gasteiger partial charge in [0, 0.05) is 39.0 Å². The normalized spacial score (nSPS) is 15.9. The zero-order chi connectivity index (χ0) is 17.4. The summed E-state index contributed by atoms with van der Waals surface area (Å²) in [5.74, 6) is 0.0115. The summed E-state index contributed by atoms with van der Waals surface area (Å²) in [6.45, 7) is 7.65. The van der Waals surface area contributed by atoms with Crippen molar-refractivity contribution in [3.63, 3.8) is 0 Å². The third-order valence-corrected chi connectivity index (χ3v) is 4.63. The fourth-order valence-electron chi connectivity index (χ4n) is 3.05. The molecule has 1 aromatic carbocycles.